The zero-order chi connectivity index (χ0) is 14.8. The molecule has 0 amide bonds. The molecule has 0 aliphatic carbocycles. The van der Waals surface area contributed by atoms with Crippen molar-refractivity contribution in [3.05, 3.63) is 11.9 Å². The Morgan fingerprint density at radius 3 is 2.55 bits per heavy atom. The van der Waals surface area contributed by atoms with E-state index in [1.165, 1.54) is 0 Å². The van der Waals surface area contributed by atoms with Gasteiger partial charge in [0.25, 0.3) is 0 Å². The summed E-state index contributed by atoms with van der Waals surface area (Å²) in [4.78, 5) is 13.0. The Balaban J connectivity index is 2.43. The standard InChI is InChI=1S/C14H22N2O4/c1-10(2)16-12(11(18-3)9-15-16)13(17)14(19-4)5-7-20-8-6-14/h9-10H,5-8H2,1-4H3. The van der Waals surface area contributed by atoms with Crippen LogP contribution in [0, 0.1) is 0 Å². The predicted molar refractivity (Wildman–Crippen MR) is 73.3 cm³/mol. The van der Waals surface area contributed by atoms with E-state index in [2.05, 4.69) is 5.10 Å². The molecule has 1 saturated heterocycles. The molecule has 0 spiro atoms. The molecular weight excluding hydrogens is 260 g/mol. The molecule has 0 saturated carbocycles. The van der Waals surface area contributed by atoms with Crippen LogP contribution in [0.1, 0.15) is 43.2 Å². The van der Waals surface area contributed by atoms with Gasteiger partial charge >= 0.3 is 0 Å². The fourth-order valence-corrected chi connectivity index (χ4v) is 2.54. The summed E-state index contributed by atoms with van der Waals surface area (Å²) in [6, 6.07) is 0.0756. The minimum atomic E-state index is -0.835. The van der Waals surface area contributed by atoms with Crippen LogP contribution in [0.25, 0.3) is 0 Å². The first-order valence-electron chi connectivity index (χ1n) is 6.85. The molecule has 1 aromatic heterocycles. The van der Waals surface area contributed by atoms with E-state index in [1.807, 2.05) is 13.8 Å². The van der Waals surface area contributed by atoms with Crippen LogP contribution in [0.3, 0.4) is 0 Å². The molecule has 2 rings (SSSR count). The highest BCUT2D eigenvalue weighted by atomic mass is 16.5. The summed E-state index contributed by atoms with van der Waals surface area (Å²) in [5.74, 6) is 0.415. The molecule has 6 heteroatoms. The lowest BCUT2D eigenvalue weighted by molar-refractivity contribution is -0.0669. The number of rotatable bonds is 5. The highest BCUT2D eigenvalue weighted by molar-refractivity contribution is 6.03. The number of aromatic nitrogens is 2. The molecular formula is C14H22N2O4. The smallest absolute Gasteiger partial charge is 0.216 e. The van der Waals surface area contributed by atoms with Gasteiger partial charge in [-0.2, -0.15) is 5.10 Å². The summed E-state index contributed by atoms with van der Waals surface area (Å²) in [7, 11) is 3.12. The van der Waals surface area contributed by atoms with Gasteiger partial charge in [0.15, 0.2) is 5.75 Å². The van der Waals surface area contributed by atoms with Crippen molar-refractivity contribution in [3.8, 4) is 5.75 Å². The van der Waals surface area contributed by atoms with Gasteiger partial charge in [0.2, 0.25) is 5.78 Å². The summed E-state index contributed by atoms with van der Waals surface area (Å²) in [6.45, 7) is 5.01. The van der Waals surface area contributed by atoms with Crippen molar-refractivity contribution >= 4 is 5.78 Å². The number of hydrogen-bond donors (Lipinski definition) is 0. The summed E-state index contributed by atoms with van der Waals surface area (Å²) < 4.78 is 17.9. The van der Waals surface area contributed by atoms with E-state index >= 15 is 0 Å². The zero-order valence-electron chi connectivity index (χ0n) is 12.5. The summed E-state index contributed by atoms with van der Waals surface area (Å²) in [5, 5.41) is 4.25. The lowest BCUT2D eigenvalue weighted by Crippen LogP contribution is -2.46. The number of nitrogens with zero attached hydrogens (tertiary/aromatic N) is 2. The molecule has 0 aromatic carbocycles. The van der Waals surface area contributed by atoms with Crippen molar-refractivity contribution in [2.75, 3.05) is 27.4 Å². The van der Waals surface area contributed by atoms with Crippen molar-refractivity contribution in [3.63, 3.8) is 0 Å². The number of Topliss-reactive ketones (excluding diaryl/α,β-unsaturated/α-hetero) is 1. The molecule has 112 valence electrons. The van der Waals surface area contributed by atoms with Gasteiger partial charge in [-0.05, 0) is 13.8 Å². The maximum atomic E-state index is 13.0. The summed E-state index contributed by atoms with van der Waals surface area (Å²) in [5.41, 5.74) is -0.357. The van der Waals surface area contributed by atoms with Crippen LogP contribution in [0.2, 0.25) is 0 Å². The normalized spacial score (nSPS) is 18.2. The maximum Gasteiger partial charge on any atom is 0.216 e. The number of carbonyl (C=O) groups excluding carboxylic acids is 1. The average Bonchev–Trinajstić information content (AvgIpc) is 2.91. The molecule has 1 aliphatic rings. The van der Waals surface area contributed by atoms with Gasteiger partial charge in [-0.1, -0.05) is 0 Å². The molecule has 1 fully saturated rings. The monoisotopic (exact) mass is 282 g/mol. The van der Waals surface area contributed by atoms with Gasteiger partial charge in [-0.25, -0.2) is 0 Å². The molecule has 0 atom stereocenters. The van der Waals surface area contributed by atoms with Gasteiger partial charge < -0.3 is 14.2 Å². The minimum absolute atomic E-state index is 0.0756. The van der Waals surface area contributed by atoms with E-state index in [0.29, 0.717) is 37.5 Å². The van der Waals surface area contributed by atoms with Crippen molar-refractivity contribution in [1.29, 1.82) is 0 Å². The molecule has 0 radical (unpaired) electrons. The summed E-state index contributed by atoms with van der Waals surface area (Å²) >= 11 is 0. The van der Waals surface area contributed by atoms with E-state index in [0.717, 1.165) is 0 Å². The Kier molecular flexibility index (Phi) is 4.45. The van der Waals surface area contributed by atoms with Gasteiger partial charge in [-0.3, -0.25) is 9.48 Å². The van der Waals surface area contributed by atoms with Gasteiger partial charge in [-0.15, -0.1) is 0 Å². The molecule has 6 nitrogen and oxygen atoms in total. The lowest BCUT2D eigenvalue weighted by atomic mass is 9.87. The van der Waals surface area contributed by atoms with Gasteiger partial charge in [0.1, 0.15) is 11.3 Å². The molecule has 1 aliphatic heterocycles. The number of carbonyl (C=O) groups is 1. The largest absolute Gasteiger partial charge is 0.493 e. The number of methoxy groups -OCH3 is 2. The van der Waals surface area contributed by atoms with Crippen LogP contribution in [-0.2, 0) is 9.47 Å². The average molecular weight is 282 g/mol. The van der Waals surface area contributed by atoms with Crippen LogP contribution in [0.5, 0.6) is 5.75 Å². The quantitative estimate of drug-likeness (QED) is 0.771. The Morgan fingerprint density at radius 1 is 1.40 bits per heavy atom. The van der Waals surface area contributed by atoms with Crippen LogP contribution >= 0.6 is 0 Å². The van der Waals surface area contributed by atoms with E-state index in [-0.39, 0.29) is 11.8 Å². The van der Waals surface area contributed by atoms with Crippen molar-refractivity contribution in [2.24, 2.45) is 0 Å². The third kappa shape index (κ3) is 2.45. The summed E-state index contributed by atoms with van der Waals surface area (Å²) in [6.07, 6.45) is 2.68. The van der Waals surface area contributed by atoms with Crippen LogP contribution in [-0.4, -0.2) is 48.6 Å². The second-order valence-electron chi connectivity index (χ2n) is 5.24. The van der Waals surface area contributed by atoms with Crippen LogP contribution in [0.4, 0.5) is 0 Å². The SMILES string of the molecule is COc1cnn(C(C)C)c1C(=O)C1(OC)CCOCC1. The Labute approximate surface area is 119 Å². The predicted octanol–water partition coefficient (Wildman–Crippen LogP) is 1.85. The second-order valence-corrected chi connectivity index (χ2v) is 5.24. The van der Waals surface area contributed by atoms with Gasteiger partial charge in [0, 0.05) is 39.2 Å². The highest BCUT2D eigenvalue weighted by Gasteiger charge is 2.43. The Morgan fingerprint density at radius 2 is 2.05 bits per heavy atom. The van der Waals surface area contributed by atoms with E-state index in [9.17, 15) is 4.79 Å². The first-order valence-corrected chi connectivity index (χ1v) is 6.85. The first-order chi connectivity index (χ1) is 9.55. The molecule has 2 heterocycles. The molecule has 1 aromatic rings. The van der Waals surface area contributed by atoms with Crippen molar-refractivity contribution in [2.45, 2.75) is 38.3 Å². The minimum Gasteiger partial charge on any atom is -0.493 e. The van der Waals surface area contributed by atoms with E-state index in [1.54, 1.807) is 25.1 Å². The van der Waals surface area contributed by atoms with E-state index in [4.69, 9.17) is 14.2 Å². The maximum absolute atomic E-state index is 13.0. The van der Waals surface area contributed by atoms with Crippen LogP contribution in [0.15, 0.2) is 6.20 Å². The topological polar surface area (TPSA) is 62.6 Å². The molecule has 0 N–H and O–H groups in total. The Hall–Kier alpha value is -1.40. The number of ether oxygens (including phenoxy) is 3. The fourth-order valence-electron chi connectivity index (χ4n) is 2.54. The third-order valence-electron chi connectivity index (χ3n) is 3.79. The molecule has 0 unspecified atom stereocenters. The van der Waals surface area contributed by atoms with E-state index < -0.39 is 5.60 Å². The van der Waals surface area contributed by atoms with Crippen molar-refractivity contribution in [1.82, 2.24) is 9.78 Å². The van der Waals surface area contributed by atoms with Crippen molar-refractivity contribution < 1.29 is 19.0 Å². The molecule has 20 heavy (non-hydrogen) atoms. The van der Waals surface area contributed by atoms with Gasteiger partial charge in [0.05, 0.1) is 13.3 Å². The first kappa shape index (κ1) is 15.0. The second kappa shape index (κ2) is 5.93. The number of hydrogen-bond acceptors (Lipinski definition) is 5. The molecule has 0 bridgehead atoms. The fraction of sp³-hybridized carbons (Fsp3) is 0.714. The van der Waals surface area contributed by atoms with Crippen LogP contribution < -0.4 is 4.74 Å². The zero-order valence-corrected chi connectivity index (χ0v) is 12.5. The highest BCUT2D eigenvalue weighted by Crippen LogP contribution is 2.33. The Bertz CT molecular complexity index is 476. The lowest BCUT2D eigenvalue weighted by Gasteiger charge is -2.34. The number of ketones is 1. The third-order valence-corrected chi connectivity index (χ3v) is 3.79.